The van der Waals surface area contributed by atoms with Gasteiger partial charge < -0.3 is 14.7 Å². The van der Waals surface area contributed by atoms with Crippen LogP contribution in [0.2, 0.25) is 5.02 Å². The smallest absolute Gasteiger partial charge is 0.341 e. The number of hydrogen-bond donors (Lipinski definition) is 1. The first-order valence-electron chi connectivity index (χ1n) is 10.1. The van der Waals surface area contributed by atoms with Crippen molar-refractivity contribution in [2.45, 2.75) is 38.9 Å². The van der Waals surface area contributed by atoms with E-state index in [0.29, 0.717) is 30.3 Å². The summed E-state index contributed by atoms with van der Waals surface area (Å²) in [4.78, 5) is 27.9. The van der Waals surface area contributed by atoms with E-state index in [9.17, 15) is 9.59 Å². The zero-order valence-electron chi connectivity index (χ0n) is 17.3. The van der Waals surface area contributed by atoms with Crippen molar-refractivity contribution in [3.63, 3.8) is 0 Å². The molecule has 0 bridgehead atoms. The van der Waals surface area contributed by atoms with Gasteiger partial charge in [0.25, 0.3) is 0 Å². The average molecular weight is 431 g/mol. The van der Waals surface area contributed by atoms with E-state index in [1.165, 1.54) is 0 Å². The zero-order chi connectivity index (χ0) is 21.7. The second-order valence-electron chi connectivity index (χ2n) is 7.64. The normalized spacial score (nSPS) is 19.5. The minimum Gasteiger partial charge on any atom is -0.482 e. The molecule has 2 aromatic carbocycles. The molecule has 1 amide bonds. The van der Waals surface area contributed by atoms with E-state index in [0.717, 1.165) is 17.7 Å². The summed E-state index contributed by atoms with van der Waals surface area (Å²) in [6, 6.07) is 15.2. The molecule has 0 aromatic heterocycles. The summed E-state index contributed by atoms with van der Waals surface area (Å²) in [6.45, 7) is 5.71. The van der Waals surface area contributed by atoms with Crippen LogP contribution in [0.1, 0.15) is 25.0 Å². The van der Waals surface area contributed by atoms with Gasteiger partial charge in [-0.3, -0.25) is 9.69 Å². The third kappa shape index (κ3) is 5.52. The van der Waals surface area contributed by atoms with Gasteiger partial charge in [-0.25, -0.2) is 4.79 Å². The second kappa shape index (κ2) is 9.96. The number of halogens is 1. The van der Waals surface area contributed by atoms with Gasteiger partial charge in [0.1, 0.15) is 5.75 Å². The molecule has 1 aliphatic rings. The summed E-state index contributed by atoms with van der Waals surface area (Å²) in [5, 5.41) is 9.48. The lowest BCUT2D eigenvalue weighted by Gasteiger charge is -2.45. The highest BCUT2D eigenvalue weighted by atomic mass is 35.5. The maximum absolute atomic E-state index is 12.9. The van der Waals surface area contributed by atoms with Crippen LogP contribution in [0.25, 0.3) is 0 Å². The molecule has 1 heterocycles. The summed E-state index contributed by atoms with van der Waals surface area (Å²) in [7, 11) is 0. The number of benzene rings is 2. The van der Waals surface area contributed by atoms with Gasteiger partial charge >= 0.3 is 5.97 Å². The fourth-order valence-electron chi connectivity index (χ4n) is 3.83. The van der Waals surface area contributed by atoms with Crippen LogP contribution in [-0.2, 0) is 22.6 Å². The van der Waals surface area contributed by atoms with Crippen LogP contribution in [0.5, 0.6) is 5.75 Å². The molecule has 1 aliphatic heterocycles. The number of nitrogens with zero attached hydrogens (tertiary/aromatic N) is 2. The summed E-state index contributed by atoms with van der Waals surface area (Å²) < 4.78 is 5.43. The molecule has 3 rings (SSSR count). The van der Waals surface area contributed by atoms with Gasteiger partial charge in [-0.15, -0.1) is 0 Å². The van der Waals surface area contributed by atoms with Crippen molar-refractivity contribution in [1.82, 2.24) is 9.80 Å². The van der Waals surface area contributed by atoms with Crippen LogP contribution >= 0.6 is 11.6 Å². The molecule has 0 radical (unpaired) electrons. The predicted octanol–water partition coefficient (Wildman–Crippen LogP) is 3.47. The minimum atomic E-state index is -1.02. The first-order chi connectivity index (χ1) is 14.3. The number of piperazine rings is 1. The molecule has 0 spiro atoms. The first-order valence-corrected chi connectivity index (χ1v) is 10.4. The Balaban J connectivity index is 1.67. The van der Waals surface area contributed by atoms with Crippen LogP contribution in [0.4, 0.5) is 0 Å². The fraction of sp³-hybridized carbons (Fsp3) is 0.391. The summed E-state index contributed by atoms with van der Waals surface area (Å²) >= 11 is 6.16. The van der Waals surface area contributed by atoms with Gasteiger partial charge in [-0.2, -0.15) is 0 Å². The van der Waals surface area contributed by atoms with E-state index in [-0.39, 0.29) is 18.0 Å². The summed E-state index contributed by atoms with van der Waals surface area (Å²) in [6.07, 6.45) is 0.402. The number of carboxylic acids is 1. The van der Waals surface area contributed by atoms with Crippen LogP contribution in [0.3, 0.4) is 0 Å². The minimum absolute atomic E-state index is 0.0533. The van der Waals surface area contributed by atoms with Crippen LogP contribution in [0.15, 0.2) is 48.5 Å². The zero-order valence-corrected chi connectivity index (χ0v) is 18.0. The SMILES string of the molecule is CC1C(C)N(C(=O)Cc2ccccc2)CCN1Cc1cc(Cl)ccc1OCC(=O)O. The van der Waals surface area contributed by atoms with Crippen molar-refractivity contribution in [3.05, 3.63) is 64.7 Å². The van der Waals surface area contributed by atoms with Gasteiger partial charge in [-0.05, 0) is 37.6 Å². The molecule has 160 valence electrons. The molecule has 0 saturated carbocycles. The standard InChI is InChI=1S/C23H27ClN2O4/c1-16-17(2)26(22(27)12-18-6-4-3-5-7-18)11-10-25(16)14-19-13-20(24)8-9-21(19)30-15-23(28)29/h3-9,13,16-17H,10-12,14-15H2,1-2H3,(H,28,29). The maximum atomic E-state index is 12.9. The molecule has 30 heavy (non-hydrogen) atoms. The van der Waals surface area contributed by atoms with Crippen molar-refractivity contribution in [2.24, 2.45) is 0 Å². The molecule has 7 heteroatoms. The van der Waals surface area contributed by atoms with E-state index in [1.54, 1.807) is 12.1 Å². The van der Waals surface area contributed by atoms with Crippen molar-refractivity contribution in [1.29, 1.82) is 0 Å². The van der Waals surface area contributed by atoms with E-state index in [4.69, 9.17) is 21.4 Å². The molecule has 1 N–H and O–H groups in total. The number of ether oxygens (including phenoxy) is 1. The largest absolute Gasteiger partial charge is 0.482 e. The lowest BCUT2D eigenvalue weighted by atomic mass is 10.0. The Morgan fingerprint density at radius 3 is 2.53 bits per heavy atom. The molecule has 2 atom stereocenters. The van der Waals surface area contributed by atoms with Gasteiger partial charge in [0.2, 0.25) is 5.91 Å². The molecule has 6 nitrogen and oxygen atoms in total. The van der Waals surface area contributed by atoms with Gasteiger partial charge in [0, 0.05) is 42.3 Å². The monoisotopic (exact) mass is 430 g/mol. The highest BCUT2D eigenvalue weighted by Crippen LogP contribution is 2.27. The van der Waals surface area contributed by atoms with Crippen LogP contribution < -0.4 is 4.74 Å². The molecule has 1 fully saturated rings. The van der Waals surface area contributed by atoms with E-state index in [1.807, 2.05) is 41.3 Å². The van der Waals surface area contributed by atoms with Gasteiger partial charge in [0.05, 0.1) is 6.42 Å². The number of carbonyl (C=O) groups excluding carboxylic acids is 1. The van der Waals surface area contributed by atoms with Gasteiger partial charge in [0.15, 0.2) is 6.61 Å². The number of aliphatic carboxylic acids is 1. The Kier molecular flexibility index (Phi) is 7.34. The Labute approximate surface area is 182 Å². The van der Waals surface area contributed by atoms with Crippen molar-refractivity contribution >= 4 is 23.5 Å². The highest BCUT2D eigenvalue weighted by molar-refractivity contribution is 6.30. The van der Waals surface area contributed by atoms with Crippen molar-refractivity contribution in [2.75, 3.05) is 19.7 Å². The molecular weight excluding hydrogens is 404 g/mol. The Morgan fingerprint density at radius 1 is 1.10 bits per heavy atom. The lowest BCUT2D eigenvalue weighted by Crippen LogP contribution is -2.58. The Morgan fingerprint density at radius 2 is 1.83 bits per heavy atom. The van der Waals surface area contributed by atoms with E-state index in [2.05, 4.69) is 18.7 Å². The third-order valence-electron chi connectivity index (χ3n) is 5.66. The maximum Gasteiger partial charge on any atom is 0.341 e. The lowest BCUT2D eigenvalue weighted by molar-refractivity contribution is -0.139. The quantitative estimate of drug-likeness (QED) is 0.728. The summed E-state index contributed by atoms with van der Waals surface area (Å²) in [5.41, 5.74) is 1.86. The second-order valence-corrected chi connectivity index (χ2v) is 8.07. The van der Waals surface area contributed by atoms with Crippen LogP contribution in [-0.4, -0.2) is 58.6 Å². The van der Waals surface area contributed by atoms with E-state index >= 15 is 0 Å². The third-order valence-corrected chi connectivity index (χ3v) is 5.89. The summed E-state index contributed by atoms with van der Waals surface area (Å²) in [5.74, 6) is -0.374. The Bertz CT molecular complexity index is 890. The molecule has 2 aromatic rings. The fourth-order valence-corrected chi connectivity index (χ4v) is 4.02. The number of rotatable bonds is 7. The average Bonchev–Trinajstić information content (AvgIpc) is 2.71. The molecule has 0 aliphatic carbocycles. The van der Waals surface area contributed by atoms with Crippen molar-refractivity contribution in [3.8, 4) is 5.75 Å². The Hall–Kier alpha value is -2.57. The number of amides is 1. The highest BCUT2D eigenvalue weighted by Gasteiger charge is 2.33. The van der Waals surface area contributed by atoms with Gasteiger partial charge in [-0.1, -0.05) is 41.9 Å². The molecule has 2 unspecified atom stereocenters. The number of carboxylic acid groups (broad SMARTS) is 1. The first kappa shape index (κ1) is 22.1. The number of hydrogen-bond acceptors (Lipinski definition) is 4. The van der Waals surface area contributed by atoms with E-state index < -0.39 is 12.6 Å². The molecular formula is C23H27ClN2O4. The van der Waals surface area contributed by atoms with Crippen LogP contribution in [0, 0.1) is 0 Å². The molecule has 1 saturated heterocycles. The number of carbonyl (C=O) groups is 2. The topological polar surface area (TPSA) is 70.1 Å². The van der Waals surface area contributed by atoms with Crippen molar-refractivity contribution < 1.29 is 19.4 Å². The predicted molar refractivity (Wildman–Crippen MR) is 116 cm³/mol.